The van der Waals surface area contributed by atoms with Gasteiger partial charge in [0.2, 0.25) is 0 Å². The summed E-state index contributed by atoms with van der Waals surface area (Å²) in [4.78, 5) is 0. The van der Waals surface area contributed by atoms with E-state index in [1.54, 1.807) is 6.08 Å². The molecule has 0 atom stereocenters. The number of nitrogens with one attached hydrogen (secondary N) is 1. The van der Waals surface area contributed by atoms with E-state index in [-0.39, 0.29) is 0 Å². The van der Waals surface area contributed by atoms with Crippen molar-refractivity contribution >= 4 is 39.9 Å². The lowest BCUT2D eigenvalue weighted by Gasteiger charge is -2.15. The Kier molecular flexibility index (Phi) is 7.05. The Morgan fingerprint density at radius 3 is 2.61 bits per heavy atom. The second-order valence-corrected chi connectivity index (χ2v) is 6.40. The van der Waals surface area contributed by atoms with Gasteiger partial charge in [0.15, 0.2) is 11.5 Å². The Labute approximate surface area is 155 Å². The number of rotatable bonds is 8. The molecule has 0 saturated heterocycles. The van der Waals surface area contributed by atoms with Gasteiger partial charge in [0.25, 0.3) is 0 Å². The Hall–Kier alpha value is -1.40. The molecule has 23 heavy (non-hydrogen) atoms. The third-order valence-corrected chi connectivity index (χ3v) is 4.11. The molecule has 5 heteroatoms. The monoisotopic (exact) mass is 443 g/mol. The highest BCUT2D eigenvalue weighted by molar-refractivity contribution is 14.1. The summed E-state index contributed by atoms with van der Waals surface area (Å²) in [5.41, 5.74) is 2.15. The molecule has 0 aromatic heterocycles. The van der Waals surface area contributed by atoms with Gasteiger partial charge in [0.05, 0.1) is 10.2 Å². The highest BCUT2D eigenvalue weighted by Crippen LogP contribution is 2.34. The summed E-state index contributed by atoms with van der Waals surface area (Å²) in [6.07, 6.45) is 1.72. The second kappa shape index (κ2) is 9.03. The Morgan fingerprint density at radius 2 is 1.96 bits per heavy atom. The van der Waals surface area contributed by atoms with Crippen molar-refractivity contribution in [1.82, 2.24) is 0 Å². The van der Waals surface area contributed by atoms with Crippen LogP contribution in [0.2, 0.25) is 5.02 Å². The van der Waals surface area contributed by atoms with Crippen LogP contribution in [0.25, 0.3) is 0 Å². The number of halogens is 2. The van der Waals surface area contributed by atoms with Gasteiger partial charge in [-0.3, -0.25) is 0 Å². The first-order valence-electron chi connectivity index (χ1n) is 7.32. The largest absolute Gasteiger partial charge is 0.490 e. The van der Waals surface area contributed by atoms with Gasteiger partial charge in [-0.05, 0) is 71.5 Å². The molecule has 0 amide bonds. The van der Waals surface area contributed by atoms with Crippen LogP contribution in [0.3, 0.4) is 0 Å². The zero-order chi connectivity index (χ0) is 16.7. The Balaban J connectivity index is 2.15. The van der Waals surface area contributed by atoms with Crippen LogP contribution in [-0.4, -0.2) is 13.2 Å². The summed E-state index contributed by atoms with van der Waals surface area (Å²) in [6, 6.07) is 11.7. The maximum absolute atomic E-state index is 5.90. The fraction of sp³-hybridized carbons (Fsp3) is 0.222. The van der Waals surface area contributed by atoms with E-state index in [1.807, 2.05) is 37.3 Å². The molecule has 0 unspecified atom stereocenters. The smallest absolute Gasteiger partial charge is 0.174 e. The van der Waals surface area contributed by atoms with Gasteiger partial charge < -0.3 is 14.8 Å². The van der Waals surface area contributed by atoms with Gasteiger partial charge in [-0.15, -0.1) is 0 Å². The van der Waals surface area contributed by atoms with Crippen molar-refractivity contribution in [3.63, 3.8) is 0 Å². The summed E-state index contributed by atoms with van der Waals surface area (Å²) < 4.78 is 12.4. The highest BCUT2D eigenvalue weighted by atomic mass is 127. The standard InChI is InChI=1S/C18H19ClINO2/c1-3-9-23-18-16(20)10-13(11-17(18)22-4-2)12-21-15-7-5-14(19)6-8-15/h3,5-8,10-11,21H,1,4,9,12H2,2H3. The van der Waals surface area contributed by atoms with Gasteiger partial charge in [-0.1, -0.05) is 24.3 Å². The molecule has 0 heterocycles. The van der Waals surface area contributed by atoms with Crippen molar-refractivity contribution in [2.75, 3.05) is 18.5 Å². The summed E-state index contributed by atoms with van der Waals surface area (Å²) in [5.74, 6) is 1.52. The maximum Gasteiger partial charge on any atom is 0.174 e. The van der Waals surface area contributed by atoms with E-state index in [4.69, 9.17) is 21.1 Å². The minimum absolute atomic E-state index is 0.457. The van der Waals surface area contributed by atoms with E-state index in [2.05, 4.69) is 40.6 Å². The average Bonchev–Trinajstić information content (AvgIpc) is 2.54. The molecule has 0 spiro atoms. The summed E-state index contributed by atoms with van der Waals surface area (Å²) in [5, 5.41) is 4.10. The van der Waals surface area contributed by atoms with E-state index in [9.17, 15) is 0 Å². The van der Waals surface area contributed by atoms with Gasteiger partial charge in [0.1, 0.15) is 6.61 Å². The molecule has 1 N–H and O–H groups in total. The lowest BCUT2D eigenvalue weighted by Crippen LogP contribution is -2.04. The topological polar surface area (TPSA) is 30.5 Å². The summed E-state index contributed by atoms with van der Waals surface area (Å²) >= 11 is 8.16. The Bertz CT molecular complexity index is 659. The molecule has 0 aliphatic rings. The zero-order valence-electron chi connectivity index (χ0n) is 12.9. The molecule has 0 aliphatic heterocycles. The van der Waals surface area contributed by atoms with Crippen molar-refractivity contribution in [1.29, 1.82) is 0 Å². The Morgan fingerprint density at radius 1 is 1.22 bits per heavy atom. The number of ether oxygens (including phenoxy) is 2. The van der Waals surface area contributed by atoms with Crippen LogP contribution in [0.15, 0.2) is 49.1 Å². The van der Waals surface area contributed by atoms with Crippen molar-refractivity contribution in [3.05, 3.63) is 63.2 Å². The molecule has 2 rings (SSSR count). The van der Waals surface area contributed by atoms with Gasteiger partial charge in [-0.2, -0.15) is 0 Å². The molecule has 3 nitrogen and oxygen atoms in total. The quantitative estimate of drug-likeness (QED) is 0.430. The maximum atomic E-state index is 5.90. The molecule has 2 aromatic carbocycles. The number of hydrogen-bond acceptors (Lipinski definition) is 3. The van der Waals surface area contributed by atoms with Crippen LogP contribution in [0, 0.1) is 3.57 Å². The van der Waals surface area contributed by atoms with Crippen molar-refractivity contribution in [2.45, 2.75) is 13.5 Å². The van der Waals surface area contributed by atoms with Crippen LogP contribution in [0.1, 0.15) is 12.5 Å². The van der Waals surface area contributed by atoms with Crippen molar-refractivity contribution in [3.8, 4) is 11.5 Å². The fourth-order valence-corrected chi connectivity index (χ4v) is 2.99. The van der Waals surface area contributed by atoms with E-state index in [0.29, 0.717) is 19.8 Å². The number of hydrogen-bond donors (Lipinski definition) is 1. The van der Waals surface area contributed by atoms with Crippen LogP contribution in [-0.2, 0) is 6.54 Å². The predicted molar refractivity (Wildman–Crippen MR) is 105 cm³/mol. The van der Waals surface area contributed by atoms with Gasteiger partial charge in [-0.25, -0.2) is 0 Å². The lowest BCUT2D eigenvalue weighted by molar-refractivity contribution is 0.295. The number of benzene rings is 2. The van der Waals surface area contributed by atoms with Crippen LogP contribution in [0.4, 0.5) is 5.69 Å². The van der Waals surface area contributed by atoms with E-state index in [0.717, 1.165) is 31.3 Å². The molecular weight excluding hydrogens is 425 g/mol. The lowest BCUT2D eigenvalue weighted by atomic mass is 10.2. The molecular formula is C18H19ClINO2. The summed E-state index contributed by atoms with van der Waals surface area (Å²) in [7, 11) is 0. The van der Waals surface area contributed by atoms with Crippen LogP contribution >= 0.6 is 34.2 Å². The van der Waals surface area contributed by atoms with Crippen LogP contribution < -0.4 is 14.8 Å². The van der Waals surface area contributed by atoms with Crippen LogP contribution in [0.5, 0.6) is 11.5 Å². The number of anilines is 1. The van der Waals surface area contributed by atoms with Crippen molar-refractivity contribution in [2.24, 2.45) is 0 Å². The summed E-state index contributed by atoms with van der Waals surface area (Å²) in [6.45, 7) is 7.38. The zero-order valence-corrected chi connectivity index (χ0v) is 15.9. The van der Waals surface area contributed by atoms with Gasteiger partial charge >= 0.3 is 0 Å². The molecule has 0 radical (unpaired) electrons. The highest BCUT2D eigenvalue weighted by Gasteiger charge is 2.12. The third-order valence-electron chi connectivity index (χ3n) is 3.06. The van der Waals surface area contributed by atoms with E-state index >= 15 is 0 Å². The minimum atomic E-state index is 0.457. The predicted octanol–water partition coefficient (Wildman–Crippen LogP) is 5.52. The molecule has 0 fully saturated rings. The minimum Gasteiger partial charge on any atom is -0.490 e. The molecule has 0 aliphatic carbocycles. The molecule has 0 bridgehead atoms. The van der Waals surface area contributed by atoms with Crippen molar-refractivity contribution < 1.29 is 9.47 Å². The third kappa shape index (κ3) is 5.32. The first kappa shape index (κ1) is 17.9. The first-order valence-corrected chi connectivity index (χ1v) is 8.78. The first-order chi connectivity index (χ1) is 11.1. The van der Waals surface area contributed by atoms with E-state index < -0.39 is 0 Å². The molecule has 2 aromatic rings. The second-order valence-electron chi connectivity index (χ2n) is 4.80. The molecule has 0 saturated carbocycles. The normalized spacial score (nSPS) is 10.2. The van der Waals surface area contributed by atoms with Gasteiger partial charge in [0, 0.05) is 17.3 Å². The molecule has 122 valence electrons. The fourth-order valence-electron chi connectivity index (χ4n) is 2.04. The SMILES string of the molecule is C=CCOc1c(I)cc(CNc2ccc(Cl)cc2)cc1OCC. The average molecular weight is 444 g/mol. The van der Waals surface area contributed by atoms with E-state index in [1.165, 1.54) is 0 Å².